The summed E-state index contributed by atoms with van der Waals surface area (Å²) >= 11 is 0. The lowest BCUT2D eigenvalue weighted by molar-refractivity contribution is 0.0361. The van der Waals surface area contributed by atoms with Crippen molar-refractivity contribution in [3.8, 4) is 0 Å². The van der Waals surface area contributed by atoms with Gasteiger partial charge in [0.1, 0.15) is 6.23 Å². The molecule has 0 aliphatic rings. The van der Waals surface area contributed by atoms with E-state index in [1.54, 1.807) is 0 Å². The van der Waals surface area contributed by atoms with Gasteiger partial charge in [0, 0.05) is 19.1 Å². The van der Waals surface area contributed by atoms with E-state index in [0.29, 0.717) is 0 Å². The fourth-order valence-corrected chi connectivity index (χ4v) is 1.81. The van der Waals surface area contributed by atoms with Crippen molar-refractivity contribution in [1.82, 2.24) is 5.32 Å². The molecule has 0 heterocycles. The Kier molecular flexibility index (Phi) is 12.2. The number of hydrogen-bond acceptors (Lipinski definition) is 4. The highest BCUT2D eigenvalue weighted by Gasteiger charge is 2.16. The smallest absolute Gasteiger partial charge is 0.109 e. The average Bonchev–Trinajstić information content (AvgIpc) is 2.34. The highest BCUT2D eigenvalue weighted by molar-refractivity contribution is 4.66. The van der Waals surface area contributed by atoms with Gasteiger partial charge in [0.05, 0.1) is 0 Å². The molecule has 0 saturated heterocycles. The maximum absolute atomic E-state index is 9.83. The molecule has 104 valence electrons. The molecule has 2 atom stereocenters. The lowest BCUT2D eigenvalue weighted by Crippen LogP contribution is -2.38. The van der Waals surface area contributed by atoms with Crippen molar-refractivity contribution >= 4 is 0 Å². The van der Waals surface area contributed by atoms with Gasteiger partial charge in [0.15, 0.2) is 0 Å². The number of aliphatic hydroxyl groups is 3. The number of unbranched alkanes of at least 4 members (excludes halogenated alkanes) is 4. The van der Waals surface area contributed by atoms with Crippen molar-refractivity contribution in [2.75, 3.05) is 19.8 Å². The molecule has 0 aromatic rings. The fraction of sp³-hybridized carbons (Fsp3) is 1.00. The molecule has 0 aliphatic carbocycles. The summed E-state index contributed by atoms with van der Waals surface area (Å²) in [6.07, 6.45) is 6.31. The van der Waals surface area contributed by atoms with Crippen LogP contribution in [0.25, 0.3) is 0 Å². The minimum atomic E-state index is -0.593. The second-order valence-corrected chi connectivity index (χ2v) is 4.62. The Labute approximate surface area is 105 Å². The zero-order valence-corrected chi connectivity index (χ0v) is 11.1. The van der Waals surface area contributed by atoms with E-state index >= 15 is 0 Å². The van der Waals surface area contributed by atoms with Gasteiger partial charge < -0.3 is 15.3 Å². The second kappa shape index (κ2) is 12.3. The van der Waals surface area contributed by atoms with E-state index in [-0.39, 0.29) is 19.1 Å². The van der Waals surface area contributed by atoms with Crippen LogP contribution < -0.4 is 5.32 Å². The van der Waals surface area contributed by atoms with Crippen LogP contribution in [-0.2, 0) is 0 Å². The highest BCUT2D eigenvalue weighted by Crippen LogP contribution is 2.13. The number of aliphatic hydroxyl groups excluding tert-OH is 3. The van der Waals surface area contributed by atoms with E-state index in [1.807, 2.05) is 0 Å². The summed E-state index contributed by atoms with van der Waals surface area (Å²) in [5, 5.41) is 30.7. The summed E-state index contributed by atoms with van der Waals surface area (Å²) in [5.74, 6) is -0.0685. The topological polar surface area (TPSA) is 72.7 Å². The summed E-state index contributed by atoms with van der Waals surface area (Å²) in [4.78, 5) is 0. The van der Waals surface area contributed by atoms with Gasteiger partial charge in [-0.15, -0.1) is 0 Å². The first-order valence-electron chi connectivity index (χ1n) is 6.89. The Morgan fingerprint density at radius 2 is 1.71 bits per heavy atom. The van der Waals surface area contributed by atoms with Crippen LogP contribution >= 0.6 is 0 Å². The minimum absolute atomic E-state index is 0.0281. The summed E-state index contributed by atoms with van der Waals surface area (Å²) in [7, 11) is 0. The molecule has 4 heteroatoms. The Bertz CT molecular complexity index is 156. The summed E-state index contributed by atoms with van der Waals surface area (Å²) in [6, 6.07) is 0. The molecule has 17 heavy (non-hydrogen) atoms. The lowest BCUT2D eigenvalue weighted by Gasteiger charge is -2.22. The van der Waals surface area contributed by atoms with Crippen LogP contribution in [0.2, 0.25) is 0 Å². The minimum Gasteiger partial charge on any atom is -0.396 e. The zero-order valence-electron chi connectivity index (χ0n) is 11.1. The number of nitrogens with one attached hydrogen (secondary N) is 1. The molecule has 0 spiro atoms. The normalized spacial score (nSPS) is 14.8. The molecule has 0 fully saturated rings. The third kappa shape index (κ3) is 9.53. The molecule has 4 nitrogen and oxygen atoms in total. The van der Waals surface area contributed by atoms with Gasteiger partial charge in [-0.3, -0.25) is 5.32 Å². The van der Waals surface area contributed by atoms with E-state index in [9.17, 15) is 10.2 Å². The molecule has 0 aromatic heterocycles. The third-order valence-corrected chi connectivity index (χ3v) is 3.05. The van der Waals surface area contributed by atoms with Gasteiger partial charge in [-0.25, -0.2) is 0 Å². The molecular formula is C13H29NO3. The maximum atomic E-state index is 9.83. The first kappa shape index (κ1) is 16.8. The molecule has 0 saturated carbocycles. The number of rotatable bonds is 12. The molecule has 0 rings (SSSR count). The quantitative estimate of drug-likeness (QED) is 0.309. The molecular weight excluding hydrogens is 218 g/mol. The Hall–Kier alpha value is -0.160. The van der Waals surface area contributed by atoms with Gasteiger partial charge in [0.2, 0.25) is 0 Å². The van der Waals surface area contributed by atoms with Gasteiger partial charge in [-0.1, -0.05) is 32.6 Å². The molecule has 4 N–H and O–H groups in total. The summed E-state index contributed by atoms with van der Waals surface area (Å²) in [6.45, 7) is 3.20. The Morgan fingerprint density at radius 3 is 2.29 bits per heavy atom. The van der Waals surface area contributed by atoms with Crippen LogP contribution in [0, 0.1) is 5.92 Å². The van der Waals surface area contributed by atoms with Crippen LogP contribution in [-0.4, -0.2) is 41.3 Å². The molecule has 0 bridgehead atoms. The third-order valence-electron chi connectivity index (χ3n) is 3.05. The van der Waals surface area contributed by atoms with Crippen LogP contribution in [0.5, 0.6) is 0 Å². The molecule has 0 aromatic carbocycles. The van der Waals surface area contributed by atoms with E-state index in [4.69, 9.17) is 5.11 Å². The van der Waals surface area contributed by atoms with Crippen molar-refractivity contribution in [3.05, 3.63) is 0 Å². The van der Waals surface area contributed by atoms with Gasteiger partial charge in [-0.05, 0) is 25.8 Å². The standard InChI is InChI=1S/C13H29NO3/c1-2-3-9-14-13(17)12(11-16)8-6-4-5-7-10-15/h12-17H,2-11H2,1H3. The fourth-order valence-electron chi connectivity index (χ4n) is 1.81. The van der Waals surface area contributed by atoms with Gasteiger partial charge in [0.25, 0.3) is 0 Å². The largest absolute Gasteiger partial charge is 0.396 e. The lowest BCUT2D eigenvalue weighted by atomic mass is 9.99. The van der Waals surface area contributed by atoms with Crippen molar-refractivity contribution in [2.45, 2.75) is 58.1 Å². The number of hydrogen-bond donors (Lipinski definition) is 4. The van der Waals surface area contributed by atoms with E-state index in [1.165, 1.54) is 0 Å². The predicted octanol–water partition coefficient (Wildman–Crippen LogP) is 1.25. The van der Waals surface area contributed by atoms with Gasteiger partial charge >= 0.3 is 0 Å². The van der Waals surface area contributed by atoms with Crippen LogP contribution in [0.3, 0.4) is 0 Å². The molecule has 0 amide bonds. The predicted molar refractivity (Wildman–Crippen MR) is 69.7 cm³/mol. The first-order chi connectivity index (χ1) is 8.26. The van der Waals surface area contributed by atoms with Crippen LogP contribution in [0.15, 0.2) is 0 Å². The second-order valence-electron chi connectivity index (χ2n) is 4.62. The summed E-state index contributed by atoms with van der Waals surface area (Å²) in [5.41, 5.74) is 0. The van der Waals surface area contributed by atoms with Crippen LogP contribution in [0.4, 0.5) is 0 Å². The van der Waals surface area contributed by atoms with E-state index in [2.05, 4.69) is 12.2 Å². The first-order valence-corrected chi connectivity index (χ1v) is 6.89. The zero-order chi connectivity index (χ0) is 12.9. The maximum Gasteiger partial charge on any atom is 0.109 e. The van der Waals surface area contributed by atoms with Crippen LogP contribution in [0.1, 0.15) is 51.9 Å². The van der Waals surface area contributed by atoms with E-state index < -0.39 is 6.23 Å². The van der Waals surface area contributed by atoms with E-state index in [0.717, 1.165) is 51.5 Å². The van der Waals surface area contributed by atoms with Crippen molar-refractivity contribution in [2.24, 2.45) is 5.92 Å². The monoisotopic (exact) mass is 247 g/mol. The molecule has 0 radical (unpaired) electrons. The van der Waals surface area contributed by atoms with Gasteiger partial charge in [-0.2, -0.15) is 0 Å². The Morgan fingerprint density at radius 1 is 1.00 bits per heavy atom. The summed E-state index contributed by atoms with van der Waals surface area (Å²) < 4.78 is 0. The van der Waals surface area contributed by atoms with Crippen molar-refractivity contribution in [3.63, 3.8) is 0 Å². The van der Waals surface area contributed by atoms with Crippen molar-refractivity contribution in [1.29, 1.82) is 0 Å². The SMILES string of the molecule is CCCCNC(O)C(CO)CCCCCCO. The Balaban J connectivity index is 3.58. The average molecular weight is 247 g/mol. The molecule has 0 aliphatic heterocycles. The molecule has 2 unspecified atom stereocenters. The van der Waals surface area contributed by atoms with Crippen molar-refractivity contribution < 1.29 is 15.3 Å². The highest BCUT2D eigenvalue weighted by atomic mass is 16.3.